The van der Waals surface area contributed by atoms with Gasteiger partial charge in [-0.2, -0.15) is 0 Å². The average Bonchev–Trinajstić information content (AvgIpc) is 3.36. The predicted octanol–water partition coefficient (Wildman–Crippen LogP) is 7.95. The van der Waals surface area contributed by atoms with Crippen LogP contribution in [0.15, 0.2) is 182 Å². The van der Waals surface area contributed by atoms with Gasteiger partial charge in [-0.25, -0.2) is 0 Å². The van der Waals surface area contributed by atoms with Gasteiger partial charge >= 0.3 is 0 Å². The van der Waals surface area contributed by atoms with E-state index in [2.05, 4.69) is 0 Å². The first-order valence-electron chi connectivity index (χ1n) is 22.3. The van der Waals surface area contributed by atoms with Crippen molar-refractivity contribution >= 4 is 0 Å². The first-order valence-corrected chi connectivity index (χ1v) is 22.3. The van der Waals surface area contributed by atoms with Gasteiger partial charge in [-0.3, -0.25) is 0 Å². The fraction of sp³-hybridized carbons (Fsp3) is 0.333. The number of hydrogen-bond donors (Lipinski definition) is 2. The number of rotatable bonds is 22. The molecule has 2 N–H and O–H groups in total. The van der Waals surface area contributed by atoms with Gasteiger partial charge in [0.15, 0.2) is 12.6 Å². The molecule has 6 aromatic rings. The largest absolute Gasteiger partial charge is 0.387 e. The first-order chi connectivity index (χ1) is 32.1. The van der Waals surface area contributed by atoms with Gasteiger partial charge in [0.1, 0.15) is 48.8 Å². The van der Waals surface area contributed by atoms with Gasteiger partial charge in [0.05, 0.1) is 52.9 Å². The maximum Gasteiger partial charge on any atom is 0.187 e. The number of hydrogen-bond acceptors (Lipinski definition) is 11. The Labute approximate surface area is 381 Å². The van der Waals surface area contributed by atoms with E-state index in [1.807, 2.05) is 182 Å². The molecule has 2 heterocycles. The fourth-order valence-electron chi connectivity index (χ4n) is 8.02. The zero-order valence-electron chi connectivity index (χ0n) is 36.3. The highest BCUT2D eigenvalue weighted by Gasteiger charge is 2.51. The molecule has 8 rings (SSSR count). The molecule has 0 aliphatic carbocycles. The van der Waals surface area contributed by atoms with Crippen LogP contribution >= 0.6 is 0 Å². The Kier molecular flexibility index (Phi) is 17.4. The maximum absolute atomic E-state index is 12.0. The first kappa shape index (κ1) is 46.4. The van der Waals surface area contributed by atoms with Crippen LogP contribution in [0.25, 0.3) is 0 Å². The lowest BCUT2D eigenvalue weighted by Crippen LogP contribution is -2.63. The second-order valence-electron chi connectivity index (χ2n) is 16.2. The van der Waals surface area contributed by atoms with Crippen molar-refractivity contribution in [1.82, 2.24) is 0 Å². The molecule has 0 amide bonds. The van der Waals surface area contributed by atoms with E-state index in [0.717, 1.165) is 33.4 Å². The molecule has 0 bridgehead atoms. The molecule has 0 radical (unpaired) electrons. The molecule has 1 unspecified atom stereocenters. The van der Waals surface area contributed by atoms with Gasteiger partial charge in [0.2, 0.25) is 0 Å². The molecule has 2 aliphatic rings. The highest BCUT2D eigenvalue weighted by molar-refractivity contribution is 5.18. The van der Waals surface area contributed by atoms with Crippen molar-refractivity contribution < 1.29 is 52.8 Å². The monoisotopic (exact) mass is 882 g/mol. The van der Waals surface area contributed by atoms with E-state index >= 15 is 0 Å². The molecule has 11 nitrogen and oxygen atoms in total. The summed E-state index contributed by atoms with van der Waals surface area (Å²) in [5, 5.41) is 23.6. The van der Waals surface area contributed by atoms with Crippen LogP contribution in [0.1, 0.15) is 33.4 Å². The Morgan fingerprint density at radius 2 is 0.677 bits per heavy atom. The van der Waals surface area contributed by atoms with E-state index in [-0.39, 0.29) is 46.2 Å². The van der Waals surface area contributed by atoms with Crippen LogP contribution in [0.2, 0.25) is 0 Å². The summed E-state index contributed by atoms with van der Waals surface area (Å²) in [5.74, 6) is 0. The lowest BCUT2D eigenvalue weighted by molar-refractivity contribution is -0.346. The molecule has 6 aromatic carbocycles. The summed E-state index contributed by atoms with van der Waals surface area (Å²) in [6, 6.07) is 58.9. The van der Waals surface area contributed by atoms with Crippen LogP contribution in [0.3, 0.4) is 0 Å². The van der Waals surface area contributed by atoms with Crippen LogP contribution in [0, 0.1) is 0 Å². The maximum atomic E-state index is 12.0. The van der Waals surface area contributed by atoms with Gasteiger partial charge in [0.25, 0.3) is 0 Å². The zero-order valence-corrected chi connectivity index (χ0v) is 36.3. The van der Waals surface area contributed by atoms with Crippen molar-refractivity contribution in [2.24, 2.45) is 0 Å². The molecule has 2 fully saturated rings. The zero-order chi connectivity index (χ0) is 44.5. The smallest absolute Gasteiger partial charge is 0.187 e. The number of ether oxygens (including phenoxy) is 9. The van der Waals surface area contributed by atoms with E-state index < -0.39 is 61.4 Å². The summed E-state index contributed by atoms with van der Waals surface area (Å²) in [5.41, 5.74) is 5.70. The van der Waals surface area contributed by atoms with Crippen LogP contribution < -0.4 is 0 Å². The van der Waals surface area contributed by atoms with Crippen molar-refractivity contribution in [1.29, 1.82) is 0 Å². The van der Waals surface area contributed by atoms with E-state index in [9.17, 15) is 10.2 Å². The van der Waals surface area contributed by atoms with Crippen LogP contribution in [0.5, 0.6) is 0 Å². The van der Waals surface area contributed by atoms with Gasteiger partial charge < -0.3 is 52.8 Å². The van der Waals surface area contributed by atoms with Crippen molar-refractivity contribution in [3.63, 3.8) is 0 Å². The molecular formula is C54H58O11. The third-order valence-electron chi connectivity index (χ3n) is 11.5. The molecule has 340 valence electrons. The Bertz CT molecular complexity index is 2210. The SMILES string of the molecule is O[C@H]1[C@H](OCc2ccccc2)[C@@H](OCc2ccccc2)[C@@H](O)O[C@@H]1COC1O[C@H](COCc2ccccc2)[C@@H](OCc2ccccc2)[C@H](OCc2ccccc2)[C@H]1OCc1ccccc1. The lowest BCUT2D eigenvalue weighted by Gasteiger charge is -2.47. The summed E-state index contributed by atoms with van der Waals surface area (Å²) in [4.78, 5) is 0. The summed E-state index contributed by atoms with van der Waals surface area (Å²) in [6.07, 6.45) is -9.77. The summed E-state index contributed by atoms with van der Waals surface area (Å²) in [6.45, 7) is 1.39. The second-order valence-corrected chi connectivity index (χ2v) is 16.2. The van der Waals surface area contributed by atoms with Gasteiger partial charge in [0, 0.05) is 0 Å². The fourth-order valence-corrected chi connectivity index (χ4v) is 8.02. The standard InChI is InChI=1S/C54H58O11/c55-47-45(64-53(56)51(61-35-43-27-15-5-16-28-43)49(47)59-33-41-23-11-3-12-24-41)38-63-54-52(62-36-44-29-17-6-18-30-44)50(60-34-42-25-13-4-14-26-42)48(58-32-40-21-9-2-10-22-40)46(65-54)37-57-31-39-19-7-1-8-20-39/h1-30,45-56H,31-38H2/t45-,46-,47-,48-,49+,50+,51-,52-,53+,54?/m1/s1. The Morgan fingerprint density at radius 1 is 0.323 bits per heavy atom. The van der Waals surface area contributed by atoms with Crippen molar-refractivity contribution in [3.05, 3.63) is 215 Å². The molecule has 0 saturated carbocycles. The molecule has 10 atom stereocenters. The molecule has 0 spiro atoms. The molecular weight excluding hydrogens is 825 g/mol. The van der Waals surface area contributed by atoms with E-state index in [1.165, 1.54) is 0 Å². The minimum atomic E-state index is -1.45. The van der Waals surface area contributed by atoms with E-state index in [4.69, 9.17) is 42.6 Å². The molecule has 2 aliphatic heterocycles. The molecule has 11 heteroatoms. The minimum Gasteiger partial charge on any atom is -0.387 e. The summed E-state index contributed by atoms with van der Waals surface area (Å²) >= 11 is 0. The quantitative estimate of drug-likeness (QED) is 0.0691. The summed E-state index contributed by atoms with van der Waals surface area (Å²) in [7, 11) is 0. The highest BCUT2D eigenvalue weighted by Crippen LogP contribution is 2.33. The van der Waals surface area contributed by atoms with Gasteiger partial charge in [-0.05, 0) is 33.4 Å². The van der Waals surface area contributed by atoms with Gasteiger partial charge in [-0.1, -0.05) is 182 Å². The van der Waals surface area contributed by atoms with Crippen LogP contribution in [0.4, 0.5) is 0 Å². The van der Waals surface area contributed by atoms with Crippen LogP contribution in [-0.4, -0.2) is 84.8 Å². The number of benzene rings is 6. The van der Waals surface area contributed by atoms with Crippen molar-refractivity contribution in [2.45, 2.75) is 101 Å². The predicted molar refractivity (Wildman–Crippen MR) is 243 cm³/mol. The Hall–Kier alpha value is -5.12. The highest BCUT2D eigenvalue weighted by atomic mass is 16.7. The molecule has 2 saturated heterocycles. The Balaban J connectivity index is 1.07. The molecule has 65 heavy (non-hydrogen) atoms. The van der Waals surface area contributed by atoms with Crippen molar-refractivity contribution in [3.8, 4) is 0 Å². The van der Waals surface area contributed by atoms with Gasteiger partial charge in [-0.15, -0.1) is 0 Å². The second kappa shape index (κ2) is 24.4. The average molecular weight is 883 g/mol. The minimum absolute atomic E-state index is 0.141. The van der Waals surface area contributed by atoms with E-state index in [1.54, 1.807) is 0 Å². The van der Waals surface area contributed by atoms with Crippen LogP contribution in [-0.2, 0) is 82.3 Å². The third kappa shape index (κ3) is 13.5. The van der Waals surface area contributed by atoms with E-state index in [0.29, 0.717) is 6.61 Å². The summed E-state index contributed by atoms with van der Waals surface area (Å²) < 4.78 is 59.1. The normalized spacial score (nSPS) is 25.6. The topological polar surface area (TPSA) is 124 Å². The Morgan fingerprint density at radius 3 is 1.11 bits per heavy atom. The lowest BCUT2D eigenvalue weighted by atomic mass is 9.97. The molecule has 0 aromatic heterocycles. The number of aliphatic hydroxyl groups is 2. The number of aliphatic hydroxyl groups excluding tert-OH is 2. The third-order valence-corrected chi connectivity index (χ3v) is 11.5. The van der Waals surface area contributed by atoms with Crippen molar-refractivity contribution in [2.75, 3.05) is 13.2 Å².